The second kappa shape index (κ2) is 3.42. The van der Waals surface area contributed by atoms with Gasteiger partial charge in [0.2, 0.25) is 0 Å². The first kappa shape index (κ1) is 8.11. The van der Waals surface area contributed by atoms with Gasteiger partial charge in [-0.3, -0.25) is 4.68 Å². The second-order valence-electron chi connectivity index (χ2n) is 2.72. The molecule has 0 aliphatic heterocycles. The van der Waals surface area contributed by atoms with E-state index in [-0.39, 0.29) is 0 Å². The molecule has 0 saturated heterocycles. The Hall–Kier alpha value is -0.990. The van der Waals surface area contributed by atoms with E-state index in [4.69, 9.17) is 0 Å². The number of hydrogen-bond donors (Lipinski definition) is 1. The van der Waals surface area contributed by atoms with E-state index in [0.717, 1.165) is 18.8 Å². The lowest BCUT2D eigenvalue weighted by molar-refractivity contribution is 0.740. The lowest BCUT2D eigenvalue weighted by Gasteiger charge is -1.96. The summed E-state index contributed by atoms with van der Waals surface area (Å²) in [5.74, 6) is 0.979. The van der Waals surface area contributed by atoms with Gasteiger partial charge in [0.15, 0.2) is 0 Å². The molecule has 0 fully saturated rings. The highest BCUT2D eigenvalue weighted by molar-refractivity contribution is 5.35. The predicted molar refractivity (Wildman–Crippen MR) is 46.7 cm³/mol. The molecule has 1 rings (SSSR count). The van der Waals surface area contributed by atoms with E-state index in [0.29, 0.717) is 0 Å². The number of anilines is 1. The van der Waals surface area contributed by atoms with E-state index >= 15 is 0 Å². The monoisotopic (exact) mass is 153 g/mol. The van der Waals surface area contributed by atoms with Crippen LogP contribution in [0, 0.1) is 6.92 Å². The molecule has 1 heterocycles. The molecule has 0 unspecified atom stereocenters. The number of aryl methyl sites for hydroxylation is 2. The number of nitrogens with zero attached hydrogens (tertiary/aromatic N) is 2. The zero-order valence-electron chi connectivity index (χ0n) is 7.39. The lowest BCUT2D eigenvalue weighted by Crippen LogP contribution is -2.00. The summed E-state index contributed by atoms with van der Waals surface area (Å²) >= 11 is 0. The molecule has 3 nitrogen and oxygen atoms in total. The molecular formula is C8H15N3. The van der Waals surface area contributed by atoms with Gasteiger partial charge in [0.1, 0.15) is 5.82 Å². The molecule has 1 aromatic rings. The first-order valence-electron chi connectivity index (χ1n) is 3.98. The number of rotatable bonds is 3. The van der Waals surface area contributed by atoms with E-state index in [1.165, 1.54) is 5.69 Å². The van der Waals surface area contributed by atoms with Crippen molar-refractivity contribution >= 4 is 5.82 Å². The van der Waals surface area contributed by atoms with Crippen molar-refractivity contribution in [3.63, 3.8) is 0 Å². The molecule has 0 radical (unpaired) electrons. The molecule has 0 aliphatic rings. The zero-order chi connectivity index (χ0) is 8.27. The van der Waals surface area contributed by atoms with Crippen LogP contribution in [0.5, 0.6) is 0 Å². The zero-order valence-corrected chi connectivity index (χ0v) is 7.39. The van der Waals surface area contributed by atoms with Gasteiger partial charge in [-0.15, -0.1) is 0 Å². The highest BCUT2D eigenvalue weighted by atomic mass is 15.3. The van der Waals surface area contributed by atoms with Gasteiger partial charge in [-0.2, -0.15) is 5.10 Å². The van der Waals surface area contributed by atoms with Crippen LogP contribution in [0.2, 0.25) is 0 Å². The fourth-order valence-corrected chi connectivity index (χ4v) is 0.900. The molecule has 1 N–H and O–H groups in total. The van der Waals surface area contributed by atoms with Crippen LogP contribution in [0.1, 0.15) is 19.0 Å². The van der Waals surface area contributed by atoms with Crippen LogP contribution in [0.25, 0.3) is 0 Å². The maximum absolute atomic E-state index is 4.25. The molecule has 11 heavy (non-hydrogen) atoms. The molecule has 3 heteroatoms. The predicted octanol–water partition coefficient (Wildman–Crippen LogP) is 1.55. The number of hydrogen-bond acceptors (Lipinski definition) is 2. The second-order valence-corrected chi connectivity index (χ2v) is 2.72. The lowest BCUT2D eigenvalue weighted by atomic mass is 10.4. The summed E-state index contributed by atoms with van der Waals surface area (Å²) in [6.45, 7) is 5.18. The summed E-state index contributed by atoms with van der Waals surface area (Å²) in [5.41, 5.74) is 1.18. The minimum atomic E-state index is 0.979. The van der Waals surface area contributed by atoms with Gasteiger partial charge in [-0.25, -0.2) is 0 Å². The van der Waals surface area contributed by atoms with Gasteiger partial charge >= 0.3 is 0 Å². The van der Waals surface area contributed by atoms with Crippen LogP contribution in [0.15, 0.2) is 6.07 Å². The van der Waals surface area contributed by atoms with Crippen molar-refractivity contribution in [3.8, 4) is 0 Å². The van der Waals surface area contributed by atoms with Crippen LogP contribution < -0.4 is 5.32 Å². The summed E-state index contributed by atoms with van der Waals surface area (Å²) in [4.78, 5) is 0. The molecule has 0 aromatic carbocycles. The Morgan fingerprint density at radius 3 is 2.82 bits per heavy atom. The quantitative estimate of drug-likeness (QED) is 0.714. The molecule has 62 valence electrons. The van der Waals surface area contributed by atoms with Crippen molar-refractivity contribution in [2.45, 2.75) is 20.3 Å². The van der Waals surface area contributed by atoms with Crippen LogP contribution in [0.3, 0.4) is 0 Å². The van der Waals surface area contributed by atoms with Crippen molar-refractivity contribution in [2.24, 2.45) is 7.05 Å². The average molecular weight is 153 g/mol. The van der Waals surface area contributed by atoms with E-state index < -0.39 is 0 Å². The largest absolute Gasteiger partial charge is 0.369 e. The number of nitrogens with one attached hydrogen (secondary N) is 1. The van der Waals surface area contributed by atoms with Gasteiger partial charge in [0, 0.05) is 25.4 Å². The molecule has 0 spiro atoms. The van der Waals surface area contributed by atoms with Gasteiger partial charge in [-0.1, -0.05) is 6.92 Å². The molecule has 0 saturated carbocycles. The summed E-state index contributed by atoms with van der Waals surface area (Å²) in [5, 5.41) is 7.48. The summed E-state index contributed by atoms with van der Waals surface area (Å²) in [6.07, 6.45) is 1.13. The van der Waals surface area contributed by atoms with Crippen LogP contribution in [-0.2, 0) is 7.05 Å². The topological polar surface area (TPSA) is 29.9 Å². The Kier molecular flexibility index (Phi) is 2.52. The Labute approximate surface area is 67.4 Å². The fraction of sp³-hybridized carbons (Fsp3) is 0.625. The maximum Gasteiger partial charge on any atom is 0.148 e. The van der Waals surface area contributed by atoms with Crippen molar-refractivity contribution in [1.29, 1.82) is 0 Å². The van der Waals surface area contributed by atoms with Gasteiger partial charge in [0.25, 0.3) is 0 Å². The molecule has 1 aromatic heterocycles. The Morgan fingerprint density at radius 2 is 2.36 bits per heavy atom. The third-order valence-electron chi connectivity index (χ3n) is 1.67. The Balaban J connectivity index is 2.58. The minimum Gasteiger partial charge on any atom is -0.369 e. The highest BCUT2D eigenvalue weighted by Gasteiger charge is 1.97. The standard InChI is InChI=1S/C8H15N3/c1-4-5-9-8-6-7(2)11(3)10-8/h6H,4-5H2,1-3H3,(H,9,10). The molecule has 0 atom stereocenters. The first-order valence-corrected chi connectivity index (χ1v) is 3.98. The fourth-order valence-electron chi connectivity index (χ4n) is 0.900. The maximum atomic E-state index is 4.25. The third-order valence-corrected chi connectivity index (χ3v) is 1.67. The normalized spacial score (nSPS) is 10.1. The molecular weight excluding hydrogens is 138 g/mol. The molecule has 0 bridgehead atoms. The smallest absolute Gasteiger partial charge is 0.148 e. The van der Waals surface area contributed by atoms with E-state index in [9.17, 15) is 0 Å². The summed E-state index contributed by atoms with van der Waals surface area (Å²) < 4.78 is 1.87. The Bertz CT molecular complexity index is 208. The van der Waals surface area contributed by atoms with Crippen LogP contribution in [-0.4, -0.2) is 16.3 Å². The van der Waals surface area contributed by atoms with Gasteiger partial charge in [-0.05, 0) is 13.3 Å². The highest BCUT2D eigenvalue weighted by Crippen LogP contribution is 2.05. The minimum absolute atomic E-state index is 0.979. The third kappa shape index (κ3) is 1.97. The molecule has 0 amide bonds. The van der Waals surface area contributed by atoms with E-state index in [1.54, 1.807) is 0 Å². The number of aromatic nitrogens is 2. The summed E-state index contributed by atoms with van der Waals surface area (Å²) in [6, 6.07) is 2.05. The summed E-state index contributed by atoms with van der Waals surface area (Å²) in [7, 11) is 1.95. The van der Waals surface area contributed by atoms with E-state index in [2.05, 4.69) is 23.4 Å². The van der Waals surface area contributed by atoms with Crippen LogP contribution >= 0.6 is 0 Å². The van der Waals surface area contributed by atoms with Crippen molar-refractivity contribution in [3.05, 3.63) is 11.8 Å². The van der Waals surface area contributed by atoms with E-state index in [1.807, 2.05) is 18.7 Å². The Morgan fingerprint density at radius 1 is 1.64 bits per heavy atom. The van der Waals surface area contributed by atoms with Gasteiger partial charge < -0.3 is 5.32 Å². The van der Waals surface area contributed by atoms with Gasteiger partial charge in [0.05, 0.1) is 0 Å². The average Bonchev–Trinajstić information content (AvgIpc) is 2.28. The van der Waals surface area contributed by atoms with Crippen LogP contribution in [0.4, 0.5) is 5.82 Å². The van der Waals surface area contributed by atoms with Crippen molar-refractivity contribution < 1.29 is 0 Å². The van der Waals surface area contributed by atoms with Crippen molar-refractivity contribution in [2.75, 3.05) is 11.9 Å². The first-order chi connectivity index (χ1) is 5.24. The SMILES string of the molecule is CCCNc1cc(C)n(C)n1. The molecule has 0 aliphatic carbocycles. The van der Waals surface area contributed by atoms with Crippen molar-refractivity contribution in [1.82, 2.24) is 9.78 Å².